The van der Waals surface area contributed by atoms with Gasteiger partial charge in [-0.05, 0) is 13.8 Å². The highest BCUT2D eigenvalue weighted by molar-refractivity contribution is 8.01. The molecule has 3 nitrogen and oxygen atoms in total. The molecule has 78 valence electrons. The van der Waals surface area contributed by atoms with Crippen molar-refractivity contribution in [1.82, 2.24) is 4.98 Å². The molecule has 0 N–H and O–H groups in total. The van der Waals surface area contributed by atoms with E-state index >= 15 is 0 Å². The summed E-state index contributed by atoms with van der Waals surface area (Å²) in [4.78, 5) is 15.5. The number of carbonyl (C=O) groups excluding carboxylic acids is 1. The first-order chi connectivity index (χ1) is 6.56. The van der Waals surface area contributed by atoms with Gasteiger partial charge in [-0.15, -0.1) is 11.3 Å². The summed E-state index contributed by atoms with van der Waals surface area (Å²) in [5, 5.41) is 1.92. The van der Waals surface area contributed by atoms with E-state index in [1.54, 1.807) is 29.3 Å². The number of ether oxygens (including phenoxy) is 1. The Labute approximate surface area is 91.9 Å². The maximum Gasteiger partial charge on any atom is 0.312 e. The molecule has 0 unspecified atom stereocenters. The number of nitrogens with zero attached hydrogens (tertiary/aromatic N) is 1. The van der Waals surface area contributed by atoms with Crippen LogP contribution in [-0.2, 0) is 9.53 Å². The van der Waals surface area contributed by atoms with Crippen LogP contribution in [0.1, 0.15) is 13.8 Å². The molecule has 0 spiro atoms. The Morgan fingerprint density at radius 3 is 2.93 bits per heavy atom. The Balaban J connectivity index is 2.48. The van der Waals surface area contributed by atoms with Gasteiger partial charge >= 0.3 is 5.97 Å². The summed E-state index contributed by atoms with van der Waals surface area (Å²) in [7, 11) is 1.41. The largest absolute Gasteiger partial charge is 0.469 e. The Morgan fingerprint density at radius 1 is 1.71 bits per heavy atom. The quantitative estimate of drug-likeness (QED) is 0.589. The monoisotopic (exact) mass is 231 g/mol. The minimum atomic E-state index is -0.453. The first-order valence-electron chi connectivity index (χ1n) is 4.17. The van der Waals surface area contributed by atoms with Gasteiger partial charge in [-0.1, -0.05) is 11.8 Å². The predicted octanol–water partition coefficient (Wildman–Crippen LogP) is 2.43. The summed E-state index contributed by atoms with van der Waals surface area (Å²) < 4.78 is 5.70. The van der Waals surface area contributed by atoms with Crippen molar-refractivity contribution in [3.63, 3.8) is 0 Å². The van der Waals surface area contributed by atoms with E-state index in [0.717, 1.165) is 4.34 Å². The zero-order valence-corrected chi connectivity index (χ0v) is 10.1. The van der Waals surface area contributed by atoms with Gasteiger partial charge in [0.05, 0.1) is 12.5 Å². The second-order valence-electron chi connectivity index (χ2n) is 3.46. The van der Waals surface area contributed by atoms with E-state index in [4.69, 9.17) is 4.74 Å². The standard InChI is InChI=1S/C9H13NO2S2/c1-9(2,7(11)12-3)6-14-8-10-4-5-13-8/h4-5H,6H2,1-3H3. The van der Waals surface area contributed by atoms with E-state index in [9.17, 15) is 4.79 Å². The summed E-state index contributed by atoms with van der Waals surface area (Å²) in [5.74, 6) is 0.509. The average Bonchev–Trinajstić information content (AvgIpc) is 2.66. The third kappa shape index (κ3) is 2.99. The minimum absolute atomic E-state index is 0.179. The molecule has 1 heterocycles. The van der Waals surface area contributed by atoms with Crippen LogP contribution in [0.5, 0.6) is 0 Å². The van der Waals surface area contributed by atoms with Crippen molar-refractivity contribution in [2.75, 3.05) is 12.9 Å². The minimum Gasteiger partial charge on any atom is -0.469 e. The number of aromatic nitrogens is 1. The van der Waals surface area contributed by atoms with Gasteiger partial charge in [0, 0.05) is 17.3 Å². The van der Waals surface area contributed by atoms with Crippen LogP contribution in [0.25, 0.3) is 0 Å². The van der Waals surface area contributed by atoms with Gasteiger partial charge in [0.15, 0.2) is 0 Å². The summed E-state index contributed by atoms with van der Waals surface area (Å²) >= 11 is 3.17. The van der Waals surface area contributed by atoms with Crippen molar-refractivity contribution in [3.8, 4) is 0 Å². The second kappa shape index (κ2) is 4.79. The zero-order valence-electron chi connectivity index (χ0n) is 8.44. The number of methoxy groups -OCH3 is 1. The molecule has 0 aliphatic heterocycles. The van der Waals surface area contributed by atoms with Crippen LogP contribution < -0.4 is 0 Å². The molecule has 0 amide bonds. The van der Waals surface area contributed by atoms with Gasteiger partial charge in [0.25, 0.3) is 0 Å². The first-order valence-corrected chi connectivity index (χ1v) is 6.03. The zero-order chi connectivity index (χ0) is 10.6. The second-order valence-corrected chi connectivity index (χ2v) is 5.58. The Bertz CT molecular complexity index is 296. The van der Waals surface area contributed by atoms with E-state index in [0.29, 0.717) is 5.75 Å². The molecule has 0 aliphatic rings. The molecule has 1 aromatic rings. The molecule has 5 heteroatoms. The van der Waals surface area contributed by atoms with Crippen molar-refractivity contribution in [2.45, 2.75) is 18.2 Å². The number of rotatable bonds is 4. The van der Waals surface area contributed by atoms with Crippen LogP contribution in [0, 0.1) is 5.41 Å². The highest BCUT2D eigenvalue weighted by Crippen LogP contribution is 2.29. The predicted molar refractivity (Wildman–Crippen MR) is 58.6 cm³/mol. The van der Waals surface area contributed by atoms with Crippen LogP contribution in [0.4, 0.5) is 0 Å². The molecule has 0 radical (unpaired) electrons. The van der Waals surface area contributed by atoms with Crippen molar-refractivity contribution in [2.24, 2.45) is 5.41 Å². The van der Waals surface area contributed by atoms with Crippen molar-refractivity contribution < 1.29 is 9.53 Å². The van der Waals surface area contributed by atoms with E-state index < -0.39 is 5.41 Å². The molecule has 0 saturated heterocycles. The van der Waals surface area contributed by atoms with E-state index in [2.05, 4.69) is 4.98 Å². The molecule has 14 heavy (non-hydrogen) atoms. The SMILES string of the molecule is COC(=O)C(C)(C)CSc1nccs1. The van der Waals surface area contributed by atoms with Crippen LogP contribution in [0.2, 0.25) is 0 Å². The molecule has 1 aromatic heterocycles. The van der Waals surface area contributed by atoms with Crippen LogP contribution >= 0.6 is 23.1 Å². The van der Waals surface area contributed by atoms with Crippen molar-refractivity contribution >= 4 is 29.1 Å². The van der Waals surface area contributed by atoms with Gasteiger partial charge in [-0.25, -0.2) is 4.98 Å². The smallest absolute Gasteiger partial charge is 0.312 e. The maximum atomic E-state index is 11.3. The molecule has 0 aromatic carbocycles. The van der Waals surface area contributed by atoms with Crippen molar-refractivity contribution in [3.05, 3.63) is 11.6 Å². The number of hydrogen-bond donors (Lipinski definition) is 0. The fourth-order valence-electron chi connectivity index (χ4n) is 0.859. The van der Waals surface area contributed by atoms with Crippen LogP contribution in [0.15, 0.2) is 15.9 Å². The molecule has 0 bridgehead atoms. The van der Waals surface area contributed by atoms with E-state index in [-0.39, 0.29) is 5.97 Å². The van der Waals surface area contributed by atoms with E-state index in [1.807, 2.05) is 19.2 Å². The maximum absolute atomic E-state index is 11.3. The lowest BCUT2D eigenvalue weighted by Crippen LogP contribution is -2.28. The molecule has 1 rings (SSSR count). The highest BCUT2D eigenvalue weighted by atomic mass is 32.2. The normalized spacial score (nSPS) is 11.4. The topological polar surface area (TPSA) is 39.2 Å². The lowest BCUT2D eigenvalue weighted by atomic mass is 9.97. The third-order valence-corrected chi connectivity index (χ3v) is 4.13. The fraction of sp³-hybridized carbons (Fsp3) is 0.556. The Hall–Kier alpha value is -0.550. The highest BCUT2D eigenvalue weighted by Gasteiger charge is 2.28. The number of esters is 1. The third-order valence-electron chi connectivity index (χ3n) is 1.70. The average molecular weight is 231 g/mol. The first kappa shape index (κ1) is 11.5. The number of thioether (sulfide) groups is 1. The molecule has 0 aliphatic carbocycles. The van der Waals surface area contributed by atoms with Crippen LogP contribution in [-0.4, -0.2) is 23.8 Å². The van der Waals surface area contributed by atoms with Crippen LogP contribution in [0.3, 0.4) is 0 Å². The number of carbonyl (C=O) groups is 1. The molecule has 0 saturated carbocycles. The molecule has 0 fully saturated rings. The van der Waals surface area contributed by atoms with Gasteiger partial charge in [-0.2, -0.15) is 0 Å². The van der Waals surface area contributed by atoms with Gasteiger partial charge in [-0.3, -0.25) is 4.79 Å². The summed E-state index contributed by atoms with van der Waals surface area (Å²) in [6.45, 7) is 3.75. The van der Waals surface area contributed by atoms with Crippen molar-refractivity contribution in [1.29, 1.82) is 0 Å². The lowest BCUT2D eigenvalue weighted by Gasteiger charge is -2.19. The fourth-order valence-corrected chi connectivity index (χ4v) is 2.57. The van der Waals surface area contributed by atoms with E-state index in [1.165, 1.54) is 7.11 Å². The Kier molecular flexibility index (Phi) is 3.95. The molecule has 0 atom stereocenters. The van der Waals surface area contributed by atoms with Gasteiger partial charge in [0.1, 0.15) is 4.34 Å². The summed E-state index contributed by atoms with van der Waals surface area (Å²) in [5.41, 5.74) is -0.453. The lowest BCUT2D eigenvalue weighted by molar-refractivity contribution is -0.149. The van der Waals surface area contributed by atoms with Gasteiger partial charge < -0.3 is 4.74 Å². The molecular formula is C9H13NO2S2. The summed E-state index contributed by atoms with van der Waals surface area (Å²) in [6, 6.07) is 0. The Morgan fingerprint density at radius 2 is 2.43 bits per heavy atom. The number of thiazole rings is 1. The van der Waals surface area contributed by atoms with Gasteiger partial charge in [0.2, 0.25) is 0 Å². The summed E-state index contributed by atoms with van der Waals surface area (Å²) in [6.07, 6.45) is 1.76. The number of hydrogen-bond acceptors (Lipinski definition) is 5. The molecular weight excluding hydrogens is 218 g/mol.